The molecule has 1 aromatic heterocycles. The monoisotopic (exact) mass is 387 g/mol. The van der Waals surface area contributed by atoms with Gasteiger partial charge in [-0.15, -0.1) is 0 Å². The highest BCUT2D eigenvalue weighted by Gasteiger charge is 2.16. The van der Waals surface area contributed by atoms with E-state index in [9.17, 15) is 23.3 Å². The third-order valence-electron chi connectivity index (χ3n) is 3.48. The summed E-state index contributed by atoms with van der Waals surface area (Å²) in [5, 5.41) is 13.3. The first-order valence-electron chi connectivity index (χ1n) is 7.57. The van der Waals surface area contributed by atoms with Crippen LogP contribution in [0.5, 0.6) is 0 Å². The molecule has 1 heterocycles. The molecular formula is C17H13N3O6S. The maximum absolute atomic E-state index is 12.4. The number of amides is 1. The van der Waals surface area contributed by atoms with Crippen LogP contribution >= 0.6 is 0 Å². The van der Waals surface area contributed by atoms with Gasteiger partial charge in [-0.2, -0.15) is 0 Å². The van der Waals surface area contributed by atoms with Crippen LogP contribution in [0.2, 0.25) is 0 Å². The van der Waals surface area contributed by atoms with Crippen LogP contribution in [0.4, 0.5) is 17.1 Å². The Balaban J connectivity index is 1.76. The number of sulfonamides is 1. The van der Waals surface area contributed by atoms with Crippen LogP contribution < -0.4 is 10.0 Å². The lowest BCUT2D eigenvalue weighted by molar-refractivity contribution is -0.384. The number of carbonyl (C=O) groups is 1. The standard InChI is InChI=1S/C17H13N3O6S/c21-17(16-5-2-10-26-16)18-12-3-1-4-13(11-12)19-27(24,25)15-8-6-14(7-9-15)20(22)23/h1-11,19H,(H,18,21). The fourth-order valence-electron chi connectivity index (χ4n) is 2.22. The summed E-state index contributed by atoms with van der Waals surface area (Å²) in [6.07, 6.45) is 1.36. The summed E-state index contributed by atoms with van der Waals surface area (Å²) < 4.78 is 32.2. The molecule has 2 aromatic carbocycles. The summed E-state index contributed by atoms with van der Waals surface area (Å²) >= 11 is 0. The zero-order valence-corrected chi connectivity index (χ0v) is 14.5. The molecule has 3 rings (SSSR count). The van der Waals surface area contributed by atoms with Crippen LogP contribution in [-0.2, 0) is 10.0 Å². The molecule has 0 saturated heterocycles. The molecule has 0 spiro atoms. The highest BCUT2D eigenvalue weighted by atomic mass is 32.2. The first-order valence-corrected chi connectivity index (χ1v) is 9.06. The number of nitrogens with one attached hydrogen (secondary N) is 2. The van der Waals surface area contributed by atoms with Crippen molar-refractivity contribution in [2.75, 3.05) is 10.0 Å². The van der Waals surface area contributed by atoms with E-state index < -0.39 is 20.9 Å². The predicted molar refractivity (Wildman–Crippen MR) is 97.0 cm³/mol. The number of furan rings is 1. The molecule has 0 unspecified atom stereocenters. The zero-order valence-electron chi connectivity index (χ0n) is 13.7. The third kappa shape index (κ3) is 4.30. The van der Waals surface area contributed by atoms with Gasteiger partial charge < -0.3 is 9.73 Å². The number of nitro groups is 1. The summed E-state index contributed by atoms with van der Waals surface area (Å²) in [5.41, 5.74) is 0.363. The van der Waals surface area contributed by atoms with Crippen molar-refractivity contribution < 1.29 is 22.6 Å². The molecule has 0 aliphatic carbocycles. The average Bonchev–Trinajstić information content (AvgIpc) is 3.16. The van der Waals surface area contributed by atoms with Gasteiger partial charge in [-0.3, -0.25) is 19.6 Å². The summed E-state index contributed by atoms with van der Waals surface area (Å²) in [5.74, 6) is -0.359. The molecule has 27 heavy (non-hydrogen) atoms. The number of rotatable bonds is 6. The Morgan fingerprint density at radius 2 is 1.70 bits per heavy atom. The average molecular weight is 387 g/mol. The van der Waals surface area contributed by atoms with Gasteiger partial charge in [-0.05, 0) is 42.5 Å². The topological polar surface area (TPSA) is 132 Å². The molecular weight excluding hydrogens is 374 g/mol. The molecule has 138 valence electrons. The second-order valence-electron chi connectivity index (χ2n) is 5.37. The van der Waals surface area contributed by atoms with E-state index in [0.29, 0.717) is 5.69 Å². The fourth-order valence-corrected chi connectivity index (χ4v) is 3.27. The van der Waals surface area contributed by atoms with E-state index in [4.69, 9.17) is 4.42 Å². The Bertz CT molecular complexity index is 1080. The van der Waals surface area contributed by atoms with Crippen LogP contribution in [0, 0.1) is 10.1 Å². The molecule has 0 aliphatic heterocycles. The number of hydrogen-bond acceptors (Lipinski definition) is 6. The maximum atomic E-state index is 12.4. The van der Waals surface area contributed by atoms with Crippen LogP contribution in [0.3, 0.4) is 0 Å². The van der Waals surface area contributed by atoms with Gasteiger partial charge in [-0.25, -0.2) is 8.42 Å². The molecule has 0 aliphatic rings. The first-order chi connectivity index (χ1) is 12.8. The van der Waals surface area contributed by atoms with Gasteiger partial charge >= 0.3 is 0 Å². The van der Waals surface area contributed by atoms with Gasteiger partial charge in [0.25, 0.3) is 21.6 Å². The summed E-state index contributed by atoms with van der Waals surface area (Å²) in [4.78, 5) is 21.9. The van der Waals surface area contributed by atoms with Gasteiger partial charge in [-0.1, -0.05) is 6.07 Å². The first kappa shape index (κ1) is 18.1. The number of hydrogen-bond donors (Lipinski definition) is 2. The Labute approximate surface area is 153 Å². The van der Waals surface area contributed by atoms with E-state index in [2.05, 4.69) is 10.0 Å². The minimum atomic E-state index is -3.95. The normalized spacial score (nSPS) is 11.0. The summed E-state index contributed by atoms with van der Waals surface area (Å²) in [6.45, 7) is 0. The van der Waals surface area contributed by atoms with E-state index >= 15 is 0 Å². The SMILES string of the molecule is O=C(Nc1cccc(NS(=O)(=O)c2ccc([N+](=O)[O-])cc2)c1)c1ccco1. The number of carbonyl (C=O) groups excluding carboxylic acids is 1. The van der Waals surface area contributed by atoms with E-state index in [1.165, 1.54) is 24.5 Å². The lowest BCUT2D eigenvalue weighted by Gasteiger charge is -2.10. The van der Waals surface area contributed by atoms with Crippen molar-refractivity contribution in [3.8, 4) is 0 Å². The van der Waals surface area contributed by atoms with E-state index in [1.807, 2.05) is 0 Å². The number of anilines is 2. The number of nitro benzene ring substituents is 1. The van der Waals surface area contributed by atoms with E-state index in [1.54, 1.807) is 18.2 Å². The van der Waals surface area contributed by atoms with Crippen molar-refractivity contribution in [2.45, 2.75) is 4.90 Å². The van der Waals surface area contributed by atoms with Crippen LogP contribution in [0.15, 0.2) is 76.2 Å². The second-order valence-corrected chi connectivity index (χ2v) is 7.05. The highest BCUT2D eigenvalue weighted by Crippen LogP contribution is 2.21. The van der Waals surface area contributed by atoms with Crippen molar-refractivity contribution in [3.05, 3.63) is 82.8 Å². The fraction of sp³-hybridized carbons (Fsp3) is 0. The molecule has 3 aromatic rings. The van der Waals surface area contributed by atoms with Crippen molar-refractivity contribution in [1.82, 2.24) is 0 Å². The number of non-ortho nitro benzene ring substituents is 1. The van der Waals surface area contributed by atoms with E-state index in [0.717, 1.165) is 24.3 Å². The van der Waals surface area contributed by atoms with Crippen molar-refractivity contribution in [3.63, 3.8) is 0 Å². The molecule has 10 heteroatoms. The Morgan fingerprint density at radius 3 is 2.33 bits per heavy atom. The molecule has 0 saturated carbocycles. The highest BCUT2D eigenvalue weighted by molar-refractivity contribution is 7.92. The number of nitrogens with zero attached hydrogens (tertiary/aromatic N) is 1. The Morgan fingerprint density at radius 1 is 1.00 bits per heavy atom. The molecule has 0 radical (unpaired) electrons. The van der Waals surface area contributed by atoms with Crippen LogP contribution in [-0.4, -0.2) is 19.2 Å². The van der Waals surface area contributed by atoms with Crippen molar-refractivity contribution >= 4 is 33.0 Å². The largest absolute Gasteiger partial charge is 0.459 e. The van der Waals surface area contributed by atoms with Crippen LogP contribution in [0.1, 0.15) is 10.6 Å². The maximum Gasteiger partial charge on any atom is 0.291 e. The Kier molecular flexibility index (Phi) is 4.90. The summed E-state index contributed by atoms with van der Waals surface area (Å²) in [7, 11) is -3.95. The molecule has 0 fully saturated rings. The second kappa shape index (κ2) is 7.30. The molecule has 0 bridgehead atoms. The van der Waals surface area contributed by atoms with Crippen molar-refractivity contribution in [1.29, 1.82) is 0 Å². The quantitative estimate of drug-likeness (QED) is 0.493. The Hall–Kier alpha value is -3.66. The zero-order chi connectivity index (χ0) is 19.4. The van der Waals surface area contributed by atoms with Gasteiger partial charge in [0.15, 0.2) is 5.76 Å². The lowest BCUT2D eigenvalue weighted by Crippen LogP contribution is -2.14. The smallest absolute Gasteiger partial charge is 0.291 e. The minimum Gasteiger partial charge on any atom is -0.459 e. The molecule has 0 atom stereocenters. The third-order valence-corrected chi connectivity index (χ3v) is 4.87. The van der Waals surface area contributed by atoms with Crippen LogP contribution in [0.25, 0.3) is 0 Å². The lowest BCUT2D eigenvalue weighted by atomic mass is 10.3. The van der Waals surface area contributed by atoms with E-state index in [-0.39, 0.29) is 22.0 Å². The summed E-state index contributed by atoms with van der Waals surface area (Å²) in [6, 6.07) is 13.7. The van der Waals surface area contributed by atoms with Gasteiger partial charge in [0.1, 0.15) is 0 Å². The molecule has 1 amide bonds. The van der Waals surface area contributed by atoms with Crippen molar-refractivity contribution in [2.24, 2.45) is 0 Å². The van der Waals surface area contributed by atoms with Gasteiger partial charge in [0.05, 0.1) is 21.8 Å². The predicted octanol–water partition coefficient (Wildman–Crippen LogP) is 3.24. The van der Waals surface area contributed by atoms with Gasteiger partial charge in [0.2, 0.25) is 0 Å². The number of benzene rings is 2. The van der Waals surface area contributed by atoms with Gasteiger partial charge in [0, 0.05) is 17.8 Å². The minimum absolute atomic E-state index is 0.117. The molecule has 9 nitrogen and oxygen atoms in total. The molecule has 2 N–H and O–H groups in total.